The van der Waals surface area contributed by atoms with Gasteiger partial charge in [-0.05, 0) is 34.9 Å². The highest BCUT2D eigenvalue weighted by Gasteiger charge is 2.12. The lowest BCUT2D eigenvalue weighted by atomic mass is 10.1. The Balaban J connectivity index is 1.76. The molecule has 1 amide bonds. The first-order valence-electron chi connectivity index (χ1n) is 8.51. The lowest BCUT2D eigenvalue weighted by molar-refractivity contribution is -0.127. The van der Waals surface area contributed by atoms with Crippen LogP contribution in [0.5, 0.6) is 0 Å². The summed E-state index contributed by atoms with van der Waals surface area (Å²) in [6.45, 7) is 1.14. The van der Waals surface area contributed by atoms with Crippen LogP contribution in [0.3, 0.4) is 0 Å². The minimum absolute atomic E-state index is 0.0207. The predicted octanol–water partition coefficient (Wildman–Crippen LogP) is 5.58. The van der Waals surface area contributed by atoms with Crippen molar-refractivity contribution < 1.29 is 4.79 Å². The Morgan fingerprint density at radius 2 is 1.27 bits per heavy atom. The van der Waals surface area contributed by atoms with Crippen LogP contribution in [0, 0.1) is 0 Å². The Morgan fingerprint density at radius 1 is 0.769 bits per heavy atom. The molecule has 130 valence electrons. The molecular weight excluding hydrogens is 342 g/mol. The molecule has 3 heteroatoms. The lowest BCUT2D eigenvalue weighted by Gasteiger charge is -2.21. The SMILES string of the molecule is O=C(/C=C/c1ccc(Cl)cc1)N(Cc1ccccc1)Cc1ccccc1. The van der Waals surface area contributed by atoms with Crippen molar-refractivity contribution in [3.63, 3.8) is 0 Å². The third-order valence-corrected chi connectivity index (χ3v) is 4.28. The van der Waals surface area contributed by atoms with Gasteiger partial charge >= 0.3 is 0 Å². The fourth-order valence-corrected chi connectivity index (χ4v) is 2.79. The van der Waals surface area contributed by atoms with Gasteiger partial charge in [-0.2, -0.15) is 0 Å². The molecule has 0 heterocycles. The van der Waals surface area contributed by atoms with Crippen molar-refractivity contribution >= 4 is 23.6 Å². The summed E-state index contributed by atoms with van der Waals surface area (Å²) < 4.78 is 0. The fraction of sp³-hybridized carbons (Fsp3) is 0.0870. The molecule has 0 aromatic heterocycles. The predicted molar refractivity (Wildman–Crippen MR) is 108 cm³/mol. The number of halogens is 1. The average molecular weight is 362 g/mol. The molecule has 0 unspecified atom stereocenters. The standard InChI is InChI=1S/C23H20ClNO/c24-22-14-11-19(12-15-22)13-16-23(26)25(17-20-7-3-1-4-8-20)18-21-9-5-2-6-10-21/h1-16H,17-18H2/b16-13+. The fourth-order valence-electron chi connectivity index (χ4n) is 2.67. The molecule has 0 aliphatic carbocycles. The van der Waals surface area contributed by atoms with Crippen molar-refractivity contribution in [3.05, 3.63) is 113 Å². The summed E-state index contributed by atoms with van der Waals surface area (Å²) in [4.78, 5) is 14.6. The van der Waals surface area contributed by atoms with Crippen LogP contribution in [0.1, 0.15) is 16.7 Å². The Bertz CT molecular complexity index is 816. The molecule has 0 bridgehead atoms. The first kappa shape index (κ1) is 18.0. The van der Waals surface area contributed by atoms with Crippen LogP contribution in [0.15, 0.2) is 91.0 Å². The van der Waals surface area contributed by atoms with Gasteiger partial charge in [-0.25, -0.2) is 0 Å². The first-order valence-corrected chi connectivity index (χ1v) is 8.89. The molecule has 0 atom stereocenters. The van der Waals surface area contributed by atoms with Gasteiger partial charge in [0.25, 0.3) is 0 Å². The monoisotopic (exact) mass is 361 g/mol. The number of benzene rings is 3. The Hall–Kier alpha value is -2.84. The van der Waals surface area contributed by atoms with Gasteiger partial charge in [-0.15, -0.1) is 0 Å². The summed E-state index contributed by atoms with van der Waals surface area (Å²) >= 11 is 5.91. The van der Waals surface area contributed by atoms with E-state index in [-0.39, 0.29) is 5.91 Å². The van der Waals surface area contributed by atoms with Gasteiger partial charge < -0.3 is 4.90 Å². The summed E-state index contributed by atoms with van der Waals surface area (Å²) in [6, 6.07) is 27.5. The lowest BCUT2D eigenvalue weighted by Crippen LogP contribution is -2.28. The molecule has 2 nitrogen and oxygen atoms in total. The summed E-state index contributed by atoms with van der Waals surface area (Å²) in [7, 11) is 0. The van der Waals surface area contributed by atoms with Crippen LogP contribution in [0.25, 0.3) is 6.08 Å². The summed E-state index contributed by atoms with van der Waals surface area (Å²) in [5.74, 6) is -0.0207. The van der Waals surface area contributed by atoms with E-state index in [0.717, 1.165) is 16.7 Å². The third-order valence-electron chi connectivity index (χ3n) is 4.03. The molecule has 3 aromatic rings. The van der Waals surface area contributed by atoms with Gasteiger partial charge in [-0.1, -0.05) is 84.4 Å². The topological polar surface area (TPSA) is 20.3 Å². The third kappa shape index (κ3) is 5.33. The Morgan fingerprint density at radius 3 is 1.77 bits per heavy atom. The molecule has 0 radical (unpaired) electrons. The van der Waals surface area contributed by atoms with Crippen molar-refractivity contribution in [1.29, 1.82) is 0 Å². The number of nitrogens with zero attached hydrogens (tertiary/aromatic N) is 1. The van der Waals surface area contributed by atoms with Crippen LogP contribution in [0.2, 0.25) is 5.02 Å². The molecule has 3 rings (SSSR count). The zero-order chi connectivity index (χ0) is 18.2. The maximum atomic E-state index is 12.8. The quantitative estimate of drug-likeness (QED) is 0.524. The highest BCUT2D eigenvalue weighted by Crippen LogP contribution is 2.13. The van der Waals surface area contributed by atoms with E-state index in [0.29, 0.717) is 18.1 Å². The summed E-state index contributed by atoms with van der Waals surface area (Å²) in [5, 5.41) is 0.684. The molecule has 0 fully saturated rings. The van der Waals surface area contributed by atoms with E-state index in [4.69, 9.17) is 11.6 Å². The first-order chi connectivity index (χ1) is 12.7. The van der Waals surface area contributed by atoms with Crippen LogP contribution in [-0.4, -0.2) is 10.8 Å². The molecule has 0 aliphatic rings. The van der Waals surface area contributed by atoms with Crippen LogP contribution in [0.4, 0.5) is 0 Å². The largest absolute Gasteiger partial charge is 0.331 e. The van der Waals surface area contributed by atoms with Crippen molar-refractivity contribution in [2.24, 2.45) is 0 Å². The van der Waals surface area contributed by atoms with Gasteiger partial charge in [0.15, 0.2) is 0 Å². The summed E-state index contributed by atoms with van der Waals surface area (Å²) in [5.41, 5.74) is 3.16. The zero-order valence-corrected chi connectivity index (χ0v) is 15.1. The van der Waals surface area contributed by atoms with Crippen molar-refractivity contribution in [2.45, 2.75) is 13.1 Å². The van der Waals surface area contributed by atoms with E-state index in [1.165, 1.54) is 0 Å². The van der Waals surface area contributed by atoms with Crippen molar-refractivity contribution in [2.75, 3.05) is 0 Å². The normalized spacial score (nSPS) is 10.8. The number of hydrogen-bond donors (Lipinski definition) is 0. The maximum Gasteiger partial charge on any atom is 0.247 e. The molecule has 0 aliphatic heterocycles. The number of hydrogen-bond acceptors (Lipinski definition) is 1. The molecule has 0 saturated heterocycles. The van der Waals surface area contributed by atoms with E-state index in [1.807, 2.05) is 95.9 Å². The van der Waals surface area contributed by atoms with Crippen molar-refractivity contribution in [3.8, 4) is 0 Å². The van der Waals surface area contributed by atoms with E-state index in [1.54, 1.807) is 6.08 Å². The van der Waals surface area contributed by atoms with Crippen molar-refractivity contribution in [1.82, 2.24) is 4.90 Å². The van der Waals surface area contributed by atoms with Gasteiger partial charge in [0.1, 0.15) is 0 Å². The molecule has 0 N–H and O–H groups in total. The molecule has 26 heavy (non-hydrogen) atoms. The van der Waals surface area contributed by atoms with E-state index in [2.05, 4.69) is 0 Å². The number of rotatable bonds is 6. The van der Waals surface area contributed by atoms with Gasteiger partial charge in [0.2, 0.25) is 5.91 Å². The van der Waals surface area contributed by atoms with E-state index >= 15 is 0 Å². The second-order valence-corrected chi connectivity index (χ2v) is 6.49. The second-order valence-electron chi connectivity index (χ2n) is 6.05. The molecule has 0 spiro atoms. The smallest absolute Gasteiger partial charge is 0.247 e. The average Bonchev–Trinajstić information content (AvgIpc) is 2.68. The number of carbonyl (C=O) groups is 1. The van der Waals surface area contributed by atoms with E-state index < -0.39 is 0 Å². The minimum Gasteiger partial charge on any atom is -0.331 e. The van der Waals surface area contributed by atoms with E-state index in [9.17, 15) is 4.79 Å². The number of carbonyl (C=O) groups excluding carboxylic acids is 1. The Labute approximate surface area is 159 Å². The molecular formula is C23H20ClNO. The minimum atomic E-state index is -0.0207. The van der Waals surface area contributed by atoms with Gasteiger partial charge in [0.05, 0.1) is 0 Å². The molecule has 3 aromatic carbocycles. The Kier molecular flexibility index (Phi) is 6.24. The highest BCUT2D eigenvalue weighted by atomic mass is 35.5. The summed E-state index contributed by atoms with van der Waals surface area (Å²) in [6.07, 6.45) is 3.44. The zero-order valence-electron chi connectivity index (χ0n) is 14.4. The number of amides is 1. The van der Waals surface area contributed by atoms with Gasteiger partial charge in [-0.3, -0.25) is 4.79 Å². The molecule has 0 saturated carbocycles. The van der Waals surface area contributed by atoms with Crippen LogP contribution in [-0.2, 0) is 17.9 Å². The highest BCUT2D eigenvalue weighted by molar-refractivity contribution is 6.30. The maximum absolute atomic E-state index is 12.8. The van der Waals surface area contributed by atoms with Crippen LogP contribution < -0.4 is 0 Å². The second kappa shape index (κ2) is 9.02. The van der Waals surface area contributed by atoms with Gasteiger partial charge in [0, 0.05) is 24.2 Å². The van der Waals surface area contributed by atoms with Crippen LogP contribution >= 0.6 is 11.6 Å².